The van der Waals surface area contributed by atoms with Crippen LogP contribution in [0, 0.1) is 0 Å². The monoisotopic (exact) mass is 376 g/mol. The lowest BCUT2D eigenvalue weighted by atomic mass is 9.93. The highest BCUT2D eigenvalue weighted by Crippen LogP contribution is 2.32. The first kappa shape index (κ1) is 18.8. The second-order valence-electron chi connectivity index (χ2n) is 7.69. The van der Waals surface area contributed by atoms with Gasteiger partial charge in [0.1, 0.15) is 16.5 Å². The third kappa shape index (κ3) is 4.79. The van der Waals surface area contributed by atoms with Crippen LogP contribution in [0.15, 0.2) is 30.5 Å². The summed E-state index contributed by atoms with van der Waals surface area (Å²) in [6.07, 6.45) is 4.99. The fraction of sp³-hybridized carbons (Fsp3) is 0.500. The second-order valence-corrected chi connectivity index (χ2v) is 8.05. The number of amides is 1. The fourth-order valence-corrected chi connectivity index (χ4v) is 3.45. The third-order valence-corrected chi connectivity index (χ3v) is 4.71. The number of hydrogen-bond acceptors (Lipinski definition) is 4. The fourth-order valence-electron chi connectivity index (χ4n) is 3.22. The van der Waals surface area contributed by atoms with Gasteiger partial charge in [0.2, 0.25) is 0 Å². The summed E-state index contributed by atoms with van der Waals surface area (Å²) >= 11 is 6.17. The van der Waals surface area contributed by atoms with E-state index in [4.69, 9.17) is 21.1 Å². The smallest absolute Gasteiger partial charge is 0.407 e. The predicted octanol–water partition coefficient (Wildman–Crippen LogP) is 5.10. The van der Waals surface area contributed by atoms with E-state index in [-0.39, 0.29) is 18.2 Å². The molecule has 1 aliphatic rings. The van der Waals surface area contributed by atoms with Crippen molar-refractivity contribution in [3.8, 4) is 5.75 Å². The number of carbonyl (C=O) groups is 1. The Bertz CT molecular complexity index is 780. The molecule has 6 heteroatoms. The van der Waals surface area contributed by atoms with Gasteiger partial charge in [0, 0.05) is 23.0 Å². The van der Waals surface area contributed by atoms with Crippen LogP contribution in [-0.4, -0.2) is 28.8 Å². The number of fused-ring (bicyclic) bond motifs is 1. The quantitative estimate of drug-likeness (QED) is 0.757. The van der Waals surface area contributed by atoms with Gasteiger partial charge in [0.15, 0.2) is 0 Å². The molecule has 5 nitrogen and oxygen atoms in total. The first-order chi connectivity index (χ1) is 12.3. The molecule has 1 heterocycles. The number of aromatic nitrogens is 1. The van der Waals surface area contributed by atoms with Gasteiger partial charge < -0.3 is 14.8 Å². The number of hydrogen-bond donors (Lipinski definition) is 1. The van der Waals surface area contributed by atoms with E-state index in [9.17, 15) is 4.79 Å². The van der Waals surface area contributed by atoms with E-state index >= 15 is 0 Å². The Morgan fingerprint density at radius 1 is 1.15 bits per heavy atom. The van der Waals surface area contributed by atoms with Crippen LogP contribution in [0.5, 0.6) is 5.75 Å². The number of benzene rings is 1. The average molecular weight is 377 g/mol. The van der Waals surface area contributed by atoms with Gasteiger partial charge in [-0.25, -0.2) is 9.78 Å². The van der Waals surface area contributed by atoms with Crippen LogP contribution < -0.4 is 10.1 Å². The van der Waals surface area contributed by atoms with Crippen molar-refractivity contribution in [1.29, 1.82) is 0 Å². The summed E-state index contributed by atoms with van der Waals surface area (Å²) in [4.78, 5) is 16.0. The van der Waals surface area contributed by atoms with Gasteiger partial charge in [-0.15, -0.1) is 0 Å². The molecule has 0 radical (unpaired) electrons. The molecule has 0 spiro atoms. The first-order valence-corrected chi connectivity index (χ1v) is 9.39. The average Bonchev–Trinajstić information content (AvgIpc) is 2.56. The molecule has 0 atom stereocenters. The summed E-state index contributed by atoms with van der Waals surface area (Å²) in [5.74, 6) is 0.829. The molecule has 0 unspecified atom stereocenters. The molecule has 2 aromatic rings. The van der Waals surface area contributed by atoms with Gasteiger partial charge in [-0.2, -0.15) is 0 Å². The lowest BCUT2D eigenvalue weighted by Gasteiger charge is -2.30. The topological polar surface area (TPSA) is 60.5 Å². The molecule has 1 amide bonds. The Kier molecular flexibility index (Phi) is 5.56. The summed E-state index contributed by atoms with van der Waals surface area (Å²) in [5, 5.41) is 5.31. The van der Waals surface area contributed by atoms with Crippen LogP contribution in [0.25, 0.3) is 10.8 Å². The third-order valence-electron chi connectivity index (χ3n) is 4.41. The van der Waals surface area contributed by atoms with E-state index in [0.29, 0.717) is 5.15 Å². The van der Waals surface area contributed by atoms with Crippen molar-refractivity contribution in [1.82, 2.24) is 10.3 Å². The predicted molar refractivity (Wildman–Crippen MR) is 103 cm³/mol. The minimum atomic E-state index is -0.477. The maximum Gasteiger partial charge on any atom is 0.407 e. The Balaban J connectivity index is 1.57. The molecule has 140 valence electrons. The SMILES string of the molecule is CC(C)(C)OC(=O)NC1CCC(Oc2cccc3c(Cl)nccc23)CC1. The molecule has 0 bridgehead atoms. The van der Waals surface area contributed by atoms with Gasteiger partial charge in [-0.3, -0.25) is 0 Å². The lowest BCUT2D eigenvalue weighted by Crippen LogP contribution is -2.42. The molecule has 1 aromatic heterocycles. The van der Waals surface area contributed by atoms with Crippen LogP contribution >= 0.6 is 11.6 Å². The number of carbonyl (C=O) groups excluding carboxylic acids is 1. The van der Waals surface area contributed by atoms with E-state index in [0.717, 1.165) is 42.2 Å². The van der Waals surface area contributed by atoms with Gasteiger partial charge >= 0.3 is 6.09 Å². The van der Waals surface area contributed by atoms with E-state index < -0.39 is 5.60 Å². The standard InChI is InChI=1S/C20H25ClN2O3/c1-20(2,3)26-19(24)23-13-7-9-14(10-8-13)25-17-6-4-5-16-15(17)11-12-22-18(16)21/h4-6,11-14H,7-10H2,1-3H3,(H,23,24). The summed E-state index contributed by atoms with van der Waals surface area (Å²) in [5.41, 5.74) is -0.477. The molecular formula is C20H25ClN2O3. The Hall–Kier alpha value is -2.01. The zero-order valence-electron chi connectivity index (χ0n) is 15.4. The summed E-state index contributed by atoms with van der Waals surface area (Å²) < 4.78 is 11.5. The van der Waals surface area contributed by atoms with E-state index in [1.54, 1.807) is 6.20 Å². The van der Waals surface area contributed by atoms with Crippen LogP contribution in [0.3, 0.4) is 0 Å². The number of alkyl carbamates (subject to hydrolysis) is 1. The molecule has 26 heavy (non-hydrogen) atoms. The summed E-state index contributed by atoms with van der Waals surface area (Å²) in [6.45, 7) is 5.59. The van der Waals surface area contributed by atoms with Crippen molar-refractivity contribution >= 4 is 28.5 Å². The van der Waals surface area contributed by atoms with Crippen molar-refractivity contribution in [2.45, 2.75) is 64.2 Å². The molecule has 1 aromatic carbocycles. The van der Waals surface area contributed by atoms with Gasteiger partial charge in [-0.1, -0.05) is 23.7 Å². The minimum absolute atomic E-state index is 0.129. The minimum Gasteiger partial charge on any atom is -0.490 e. The summed E-state index contributed by atoms with van der Waals surface area (Å²) in [6, 6.07) is 7.90. The molecule has 0 aliphatic heterocycles. The highest BCUT2D eigenvalue weighted by atomic mass is 35.5. The molecule has 0 saturated heterocycles. The van der Waals surface area contributed by atoms with Gasteiger partial charge in [-0.05, 0) is 58.6 Å². The molecule has 1 saturated carbocycles. The number of halogens is 1. The second kappa shape index (κ2) is 7.70. The van der Waals surface area contributed by atoms with E-state index in [2.05, 4.69) is 10.3 Å². The normalized spacial score (nSPS) is 20.6. The van der Waals surface area contributed by atoms with Crippen molar-refractivity contribution < 1.29 is 14.3 Å². The van der Waals surface area contributed by atoms with Gasteiger partial charge in [0.25, 0.3) is 0 Å². The largest absolute Gasteiger partial charge is 0.490 e. The highest BCUT2D eigenvalue weighted by Gasteiger charge is 2.26. The zero-order valence-corrected chi connectivity index (χ0v) is 16.2. The van der Waals surface area contributed by atoms with Crippen LogP contribution in [-0.2, 0) is 4.74 Å². The van der Waals surface area contributed by atoms with Crippen LogP contribution in [0.1, 0.15) is 46.5 Å². The summed E-state index contributed by atoms with van der Waals surface area (Å²) in [7, 11) is 0. The number of nitrogens with zero attached hydrogens (tertiary/aromatic N) is 1. The van der Waals surface area contributed by atoms with Crippen LogP contribution in [0.2, 0.25) is 5.15 Å². The first-order valence-electron chi connectivity index (χ1n) is 9.01. The van der Waals surface area contributed by atoms with Gasteiger partial charge in [0.05, 0.1) is 6.10 Å². The number of pyridine rings is 1. The Labute approximate surface area is 159 Å². The van der Waals surface area contributed by atoms with Crippen molar-refractivity contribution in [2.75, 3.05) is 0 Å². The molecule has 1 N–H and O–H groups in total. The van der Waals surface area contributed by atoms with Crippen molar-refractivity contribution in [3.05, 3.63) is 35.6 Å². The molecule has 1 aliphatic carbocycles. The van der Waals surface area contributed by atoms with Crippen molar-refractivity contribution in [3.63, 3.8) is 0 Å². The zero-order chi connectivity index (χ0) is 18.7. The number of rotatable bonds is 3. The van der Waals surface area contributed by atoms with Crippen molar-refractivity contribution in [2.24, 2.45) is 0 Å². The Morgan fingerprint density at radius 3 is 2.58 bits per heavy atom. The van der Waals surface area contributed by atoms with E-state index in [1.807, 2.05) is 45.0 Å². The van der Waals surface area contributed by atoms with E-state index in [1.165, 1.54) is 0 Å². The molecule has 3 rings (SSSR count). The maximum atomic E-state index is 11.9. The Morgan fingerprint density at radius 2 is 1.88 bits per heavy atom. The lowest BCUT2D eigenvalue weighted by molar-refractivity contribution is 0.0471. The maximum absolute atomic E-state index is 11.9. The van der Waals surface area contributed by atoms with Crippen LogP contribution in [0.4, 0.5) is 4.79 Å². The molecular weight excluding hydrogens is 352 g/mol. The molecule has 1 fully saturated rings. The highest BCUT2D eigenvalue weighted by molar-refractivity contribution is 6.34. The number of ether oxygens (including phenoxy) is 2. The number of nitrogens with one attached hydrogen (secondary N) is 1.